The lowest BCUT2D eigenvalue weighted by atomic mass is 10.2. The van der Waals surface area contributed by atoms with Gasteiger partial charge < -0.3 is 15.3 Å². The van der Waals surface area contributed by atoms with Crippen molar-refractivity contribution in [3.8, 4) is 0 Å². The number of halogens is 1. The molecule has 1 rings (SSSR count). The zero-order valence-electron chi connectivity index (χ0n) is 11.6. The molecular formula is C14H21FN2O2. The number of carboxylic acids is 1. The number of rotatable bonds is 7. The predicted molar refractivity (Wildman–Crippen MR) is 74.0 cm³/mol. The Kier molecular flexibility index (Phi) is 5.76. The Balaban J connectivity index is 2.85. The zero-order chi connectivity index (χ0) is 14.4. The average Bonchev–Trinajstić information content (AvgIpc) is 2.35. The first kappa shape index (κ1) is 15.4. The third-order valence-electron chi connectivity index (χ3n) is 2.81. The number of likely N-dealkylation sites (N-methyl/N-ethyl adjacent to an activating group) is 1. The van der Waals surface area contributed by atoms with Crippen LogP contribution < -0.4 is 10.2 Å². The molecule has 0 aliphatic heterocycles. The van der Waals surface area contributed by atoms with Gasteiger partial charge in [0.1, 0.15) is 11.9 Å². The maximum Gasteiger partial charge on any atom is 0.322 e. The summed E-state index contributed by atoms with van der Waals surface area (Å²) < 4.78 is 13.7. The summed E-state index contributed by atoms with van der Waals surface area (Å²) in [6, 6.07) is 5.73. The molecule has 106 valence electrons. The van der Waals surface area contributed by atoms with Crippen LogP contribution in [0.3, 0.4) is 0 Å². The Bertz CT molecular complexity index is 424. The number of nitrogens with zero attached hydrogens (tertiary/aromatic N) is 1. The first-order valence-electron chi connectivity index (χ1n) is 6.44. The second kappa shape index (κ2) is 7.09. The van der Waals surface area contributed by atoms with Gasteiger partial charge in [0.15, 0.2) is 0 Å². The van der Waals surface area contributed by atoms with Crippen LogP contribution in [0.4, 0.5) is 10.1 Å². The van der Waals surface area contributed by atoms with Gasteiger partial charge in [-0.15, -0.1) is 0 Å². The van der Waals surface area contributed by atoms with E-state index in [1.807, 2.05) is 20.8 Å². The number of aliphatic carboxylic acids is 1. The summed E-state index contributed by atoms with van der Waals surface area (Å²) in [6.07, 6.45) is 0. The average molecular weight is 268 g/mol. The second-order valence-electron chi connectivity index (χ2n) is 4.70. The fourth-order valence-electron chi connectivity index (χ4n) is 1.93. The highest BCUT2D eigenvalue weighted by Gasteiger charge is 2.22. The van der Waals surface area contributed by atoms with Crippen LogP contribution in [0.1, 0.15) is 20.8 Å². The third kappa shape index (κ3) is 4.52. The van der Waals surface area contributed by atoms with Crippen molar-refractivity contribution in [3.05, 3.63) is 30.1 Å². The normalized spacial score (nSPS) is 12.5. The Morgan fingerprint density at radius 1 is 1.42 bits per heavy atom. The molecule has 1 aromatic carbocycles. The van der Waals surface area contributed by atoms with Crippen molar-refractivity contribution < 1.29 is 14.3 Å². The summed E-state index contributed by atoms with van der Waals surface area (Å²) in [7, 11) is 0. The van der Waals surface area contributed by atoms with E-state index in [9.17, 15) is 14.3 Å². The smallest absolute Gasteiger partial charge is 0.322 e. The van der Waals surface area contributed by atoms with Crippen LogP contribution in [-0.4, -0.2) is 36.2 Å². The summed E-state index contributed by atoms with van der Waals surface area (Å²) in [4.78, 5) is 12.9. The van der Waals surface area contributed by atoms with E-state index >= 15 is 0 Å². The van der Waals surface area contributed by atoms with Gasteiger partial charge in [0, 0.05) is 19.1 Å². The van der Waals surface area contributed by atoms with E-state index in [1.165, 1.54) is 6.07 Å². The number of benzene rings is 1. The molecule has 0 aromatic heterocycles. The number of para-hydroxylation sites is 1. The van der Waals surface area contributed by atoms with Crippen molar-refractivity contribution in [2.45, 2.75) is 32.9 Å². The largest absolute Gasteiger partial charge is 0.480 e. The first-order chi connectivity index (χ1) is 8.95. The van der Waals surface area contributed by atoms with E-state index in [4.69, 9.17) is 0 Å². The predicted octanol–water partition coefficient (Wildman–Crippen LogP) is 2.10. The molecule has 4 nitrogen and oxygen atoms in total. The second-order valence-corrected chi connectivity index (χ2v) is 4.70. The van der Waals surface area contributed by atoms with Crippen LogP contribution >= 0.6 is 0 Å². The molecule has 0 spiro atoms. The number of carboxylic acid groups (broad SMARTS) is 1. The molecule has 2 N–H and O–H groups in total. The molecule has 5 heteroatoms. The van der Waals surface area contributed by atoms with Crippen molar-refractivity contribution in [3.63, 3.8) is 0 Å². The van der Waals surface area contributed by atoms with Crippen LogP contribution in [0.2, 0.25) is 0 Å². The topological polar surface area (TPSA) is 52.6 Å². The van der Waals surface area contributed by atoms with Gasteiger partial charge in [0.25, 0.3) is 0 Å². The van der Waals surface area contributed by atoms with E-state index in [0.717, 1.165) is 0 Å². The number of hydrogen-bond donors (Lipinski definition) is 2. The van der Waals surface area contributed by atoms with Gasteiger partial charge in [-0.1, -0.05) is 26.0 Å². The Morgan fingerprint density at radius 3 is 2.53 bits per heavy atom. The first-order valence-corrected chi connectivity index (χ1v) is 6.44. The molecule has 0 amide bonds. The van der Waals surface area contributed by atoms with Crippen molar-refractivity contribution in [1.29, 1.82) is 0 Å². The highest BCUT2D eigenvalue weighted by molar-refractivity contribution is 5.74. The summed E-state index contributed by atoms with van der Waals surface area (Å²) in [5, 5.41) is 12.2. The Hall–Kier alpha value is -1.62. The fraction of sp³-hybridized carbons (Fsp3) is 0.500. The van der Waals surface area contributed by atoms with E-state index in [1.54, 1.807) is 23.1 Å². The van der Waals surface area contributed by atoms with E-state index in [2.05, 4.69) is 5.32 Å². The van der Waals surface area contributed by atoms with Gasteiger partial charge in [-0.05, 0) is 19.1 Å². The molecule has 1 atom stereocenters. The van der Waals surface area contributed by atoms with Gasteiger partial charge in [-0.3, -0.25) is 4.79 Å². The lowest BCUT2D eigenvalue weighted by molar-refractivity contribution is -0.139. The molecular weight excluding hydrogens is 247 g/mol. The summed E-state index contributed by atoms with van der Waals surface area (Å²) >= 11 is 0. The SMILES string of the molecule is CCN(CC(NC(C)C)C(=O)O)c1ccccc1F. The summed E-state index contributed by atoms with van der Waals surface area (Å²) in [6.45, 7) is 6.42. The van der Waals surface area contributed by atoms with E-state index in [-0.39, 0.29) is 18.4 Å². The number of anilines is 1. The molecule has 0 aliphatic rings. The van der Waals surface area contributed by atoms with Crippen molar-refractivity contribution >= 4 is 11.7 Å². The fourth-order valence-corrected chi connectivity index (χ4v) is 1.93. The highest BCUT2D eigenvalue weighted by atomic mass is 19.1. The van der Waals surface area contributed by atoms with Crippen LogP contribution in [-0.2, 0) is 4.79 Å². The standard InChI is InChI=1S/C14H21FN2O2/c1-4-17(13-8-6-5-7-11(13)15)9-12(14(18)19)16-10(2)3/h5-8,10,12,16H,4,9H2,1-3H3,(H,18,19). The molecule has 1 aromatic rings. The van der Waals surface area contributed by atoms with Crippen molar-refractivity contribution in [2.24, 2.45) is 0 Å². The quantitative estimate of drug-likeness (QED) is 0.795. The zero-order valence-corrected chi connectivity index (χ0v) is 11.6. The third-order valence-corrected chi connectivity index (χ3v) is 2.81. The monoisotopic (exact) mass is 268 g/mol. The minimum atomic E-state index is -0.927. The maximum absolute atomic E-state index is 13.7. The summed E-state index contributed by atoms with van der Waals surface area (Å²) in [5.74, 6) is -1.26. The lowest BCUT2D eigenvalue weighted by Gasteiger charge is -2.28. The molecule has 1 unspecified atom stereocenters. The minimum Gasteiger partial charge on any atom is -0.480 e. The Morgan fingerprint density at radius 2 is 2.05 bits per heavy atom. The van der Waals surface area contributed by atoms with E-state index < -0.39 is 12.0 Å². The van der Waals surface area contributed by atoms with Crippen LogP contribution in [0, 0.1) is 5.82 Å². The molecule has 0 saturated carbocycles. The van der Waals surface area contributed by atoms with Crippen LogP contribution in [0.15, 0.2) is 24.3 Å². The molecule has 19 heavy (non-hydrogen) atoms. The van der Waals surface area contributed by atoms with Crippen molar-refractivity contribution in [1.82, 2.24) is 5.32 Å². The lowest BCUT2D eigenvalue weighted by Crippen LogP contribution is -2.48. The molecule has 0 bridgehead atoms. The maximum atomic E-state index is 13.7. The summed E-state index contributed by atoms with van der Waals surface area (Å²) in [5.41, 5.74) is 0.432. The van der Waals surface area contributed by atoms with Gasteiger partial charge in [0.2, 0.25) is 0 Å². The number of carbonyl (C=O) groups is 1. The number of hydrogen-bond acceptors (Lipinski definition) is 3. The minimum absolute atomic E-state index is 0.0560. The highest BCUT2D eigenvalue weighted by Crippen LogP contribution is 2.18. The Labute approximate surface area is 113 Å². The van der Waals surface area contributed by atoms with Crippen LogP contribution in [0.5, 0.6) is 0 Å². The van der Waals surface area contributed by atoms with E-state index in [0.29, 0.717) is 12.2 Å². The molecule has 0 radical (unpaired) electrons. The van der Waals surface area contributed by atoms with Gasteiger partial charge in [-0.25, -0.2) is 4.39 Å². The van der Waals surface area contributed by atoms with Gasteiger partial charge in [-0.2, -0.15) is 0 Å². The van der Waals surface area contributed by atoms with Crippen molar-refractivity contribution in [2.75, 3.05) is 18.0 Å². The number of nitrogens with one attached hydrogen (secondary N) is 1. The molecule has 0 aliphatic carbocycles. The molecule has 0 saturated heterocycles. The van der Waals surface area contributed by atoms with Gasteiger partial charge >= 0.3 is 5.97 Å². The van der Waals surface area contributed by atoms with Gasteiger partial charge in [0.05, 0.1) is 5.69 Å². The van der Waals surface area contributed by atoms with Crippen LogP contribution in [0.25, 0.3) is 0 Å². The molecule has 0 fully saturated rings. The molecule has 0 heterocycles.